The van der Waals surface area contributed by atoms with Gasteiger partial charge in [-0.05, 0) is 74.6 Å². The number of fused-ring (bicyclic) bond motifs is 1. The number of carboxylic acid groups (broad SMARTS) is 1. The van der Waals surface area contributed by atoms with Crippen LogP contribution in [0.5, 0.6) is 0 Å². The minimum atomic E-state index is -1.31. The van der Waals surface area contributed by atoms with Crippen LogP contribution in [-0.2, 0) is 46.4 Å². The number of hydrogen-bond acceptors (Lipinski definition) is 10. The minimum absolute atomic E-state index is 0.00853. The molecule has 2 saturated heterocycles. The predicted octanol–water partition coefficient (Wildman–Crippen LogP) is 0.234. The van der Waals surface area contributed by atoms with Crippen LogP contribution in [0.3, 0.4) is 0 Å². The lowest BCUT2D eigenvalue weighted by atomic mass is 10.00. The van der Waals surface area contributed by atoms with E-state index in [1.54, 1.807) is 36.5 Å². The fourth-order valence-electron chi connectivity index (χ4n) is 8.21. The molecule has 352 valence electrons. The van der Waals surface area contributed by atoms with Crippen molar-refractivity contribution in [2.75, 3.05) is 25.4 Å². The molecule has 0 radical (unpaired) electrons. The summed E-state index contributed by atoms with van der Waals surface area (Å²) in [6.07, 6.45) is 4.66. The highest BCUT2D eigenvalue weighted by Gasteiger charge is 2.39. The normalized spacial score (nSPS) is 18.2. The maximum absolute atomic E-state index is 14.4. The van der Waals surface area contributed by atoms with E-state index in [4.69, 9.17) is 11.5 Å². The molecule has 2 aliphatic rings. The molecular weight excluding hydrogens is 855 g/mol. The molecule has 2 aliphatic heterocycles. The number of aromatic amines is 1. The van der Waals surface area contributed by atoms with Gasteiger partial charge < -0.3 is 58.4 Å². The second kappa shape index (κ2) is 24.2. The highest BCUT2D eigenvalue weighted by molar-refractivity contribution is 7.80. The zero-order chi connectivity index (χ0) is 47.0. The van der Waals surface area contributed by atoms with Crippen molar-refractivity contribution in [1.29, 1.82) is 0 Å². The number of benzene rings is 2. The topological polar surface area (TPSA) is 295 Å². The van der Waals surface area contributed by atoms with Gasteiger partial charge in [-0.1, -0.05) is 62.4 Å². The Kier molecular flexibility index (Phi) is 18.6. The number of carbonyl (C=O) groups is 7. The number of aromatic nitrogens is 1. The van der Waals surface area contributed by atoms with E-state index >= 15 is 0 Å². The van der Waals surface area contributed by atoms with Crippen LogP contribution in [0.4, 0.5) is 0 Å². The van der Waals surface area contributed by atoms with E-state index in [9.17, 15) is 38.7 Å². The summed E-state index contributed by atoms with van der Waals surface area (Å²) in [5, 5.41) is 27.7. The van der Waals surface area contributed by atoms with Gasteiger partial charge in [-0.2, -0.15) is 12.6 Å². The van der Waals surface area contributed by atoms with Crippen molar-refractivity contribution in [3.05, 3.63) is 71.9 Å². The molecule has 2 aromatic carbocycles. The van der Waals surface area contributed by atoms with Crippen molar-refractivity contribution in [3.63, 3.8) is 0 Å². The van der Waals surface area contributed by atoms with Crippen LogP contribution in [0.15, 0.2) is 65.8 Å². The lowest BCUT2D eigenvalue weighted by molar-refractivity contribution is -0.149. The van der Waals surface area contributed by atoms with Crippen molar-refractivity contribution in [1.82, 2.24) is 41.8 Å². The number of carbonyl (C=O) groups excluding carboxylic acids is 6. The summed E-state index contributed by atoms with van der Waals surface area (Å²) in [5.74, 6) is -5.18. The first-order chi connectivity index (χ1) is 31.1. The Hall–Kier alpha value is -6.15. The van der Waals surface area contributed by atoms with Gasteiger partial charge in [-0.25, -0.2) is 4.79 Å². The molecule has 7 atom stereocenters. The smallest absolute Gasteiger partial charge is 0.326 e. The molecular formula is C45H63N11O8S. The summed E-state index contributed by atoms with van der Waals surface area (Å²) in [6.45, 7) is 4.85. The maximum Gasteiger partial charge on any atom is 0.326 e. The van der Waals surface area contributed by atoms with Gasteiger partial charge in [0.05, 0.1) is 6.04 Å². The third-order valence-electron chi connectivity index (χ3n) is 11.6. The molecule has 0 spiro atoms. The molecule has 2 fully saturated rings. The maximum atomic E-state index is 14.4. The second-order valence-electron chi connectivity index (χ2n) is 17.0. The van der Waals surface area contributed by atoms with Gasteiger partial charge in [0, 0.05) is 48.8 Å². The summed E-state index contributed by atoms with van der Waals surface area (Å²) in [6, 6.07) is 8.94. The van der Waals surface area contributed by atoms with E-state index in [1.807, 2.05) is 38.1 Å². The van der Waals surface area contributed by atoms with Gasteiger partial charge in [0.1, 0.15) is 36.3 Å². The minimum Gasteiger partial charge on any atom is -0.480 e. The van der Waals surface area contributed by atoms with Crippen LogP contribution in [0, 0.1) is 5.92 Å². The number of carboxylic acids is 1. The van der Waals surface area contributed by atoms with Crippen LogP contribution in [0.25, 0.3) is 10.9 Å². The zero-order valence-corrected chi connectivity index (χ0v) is 37.8. The first-order valence-electron chi connectivity index (χ1n) is 22.2. The highest BCUT2D eigenvalue weighted by atomic mass is 32.1. The number of thiol groups is 1. The predicted molar refractivity (Wildman–Crippen MR) is 248 cm³/mol. The Balaban J connectivity index is 1.37. The van der Waals surface area contributed by atoms with E-state index < -0.39 is 77.8 Å². The summed E-state index contributed by atoms with van der Waals surface area (Å²) >= 11 is 4.40. The third kappa shape index (κ3) is 14.4. The van der Waals surface area contributed by atoms with E-state index in [0.717, 1.165) is 17.3 Å². The average molecular weight is 918 g/mol. The van der Waals surface area contributed by atoms with Gasteiger partial charge in [0.2, 0.25) is 35.4 Å². The fraction of sp³-hybridized carbons (Fsp3) is 0.511. The van der Waals surface area contributed by atoms with Gasteiger partial charge >= 0.3 is 5.97 Å². The Bertz CT molecular complexity index is 2160. The molecule has 65 heavy (non-hydrogen) atoms. The second-order valence-corrected chi connectivity index (χ2v) is 17.4. The third-order valence-corrected chi connectivity index (χ3v) is 11.9. The van der Waals surface area contributed by atoms with Crippen molar-refractivity contribution in [2.45, 2.75) is 114 Å². The van der Waals surface area contributed by atoms with Crippen LogP contribution in [0.2, 0.25) is 0 Å². The van der Waals surface area contributed by atoms with Crippen molar-refractivity contribution < 1.29 is 38.7 Å². The fourth-order valence-corrected chi connectivity index (χ4v) is 8.46. The zero-order valence-electron chi connectivity index (χ0n) is 36.9. The van der Waals surface area contributed by atoms with Crippen LogP contribution in [0.1, 0.15) is 69.9 Å². The van der Waals surface area contributed by atoms with Crippen molar-refractivity contribution in [3.8, 4) is 0 Å². The van der Waals surface area contributed by atoms with Crippen LogP contribution >= 0.6 is 12.6 Å². The quantitative estimate of drug-likeness (QED) is 0.0265. The number of guanidine groups is 1. The van der Waals surface area contributed by atoms with E-state index in [0.29, 0.717) is 43.4 Å². The number of hydrogen-bond donors (Lipinski definition) is 11. The Labute approximate surface area is 383 Å². The summed E-state index contributed by atoms with van der Waals surface area (Å²) in [5.41, 5.74) is 13.2. The largest absolute Gasteiger partial charge is 0.480 e. The lowest BCUT2D eigenvalue weighted by Crippen LogP contribution is -2.60. The molecule has 6 amide bonds. The highest BCUT2D eigenvalue weighted by Crippen LogP contribution is 2.22. The van der Waals surface area contributed by atoms with Gasteiger partial charge in [-0.3, -0.25) is 33.8 Å². The summed E-state index contributed by atoms with van der Waals surface area (Å²) in [7, 11) is 0. The van der Waals surface area contributed by atoms with E-state index in [1.165, 1.54) is 4.90 Å². The molecule has 19 nitrogen and oxygen atoms in total. The molecule has 1 aromatic heterocycles. The molecule has 0 bridgehead atoms. The first-order valence-corrected chi connectivity index (χ1v) is 22.8. The number of aliphatic imine (C=N–C) groups is 1. The molecule has 5 rings (SSSR count). The number of nitrogens with two attached hydrogens (primary N) is 2. The average Bonchev–Trinajstić information content (AvgIpc) is 4.08. The lowest BCUT2D eigenvalue weighted by Gasteiger charge is -2.30. The summed E-state index contributed by atoms with van der Waals surface area (Å²) < 4.78 is 0. The summed E-state index contributed by atoms with van der Waals surface area (Å²) in [4.78, 5) is 104. The SMILES string of the molecule is CC(C)C[C@H](NC(=O)[C@H](Cc1ccccc1)NC(=O)[C@H](CS)NC(=O)[C@H](Cc1c[nH]c2ccccc12)NC(=O)[C@H](CCCN=C(N)N)NC(=O)[C@@H]1CCCN1)C(=O)N1CCC[C@H]1C(=O)O. The van der Waals surface area contributed by atoms with E-state index in [2.05, 4.69) is 54.5 Å². The molecule has 0 saturated carbocycles. The molecule has 12 N–H and O–H groups in total. The number of amides is 6. The van der Waals surface area contributed by atoms with Crippen molar-refractivity contribution >= 4 is 70.9 Å². The van der Waals surface area contributed by atoms with Gasteiger partial charge in [0.25, 0.3) is 0 Å². The molecule has 0 unspecified atom stereocenters. The number of aliphatic carboxylic acids is 1. The number of nitrogens with zero attached hydrogens (tertiary/aromatic N) is 2. The molecule has 3 aromatic rings. The number of H-pyrrole nitrogens is 1. The van der Waals surface area contributed by atoms with E-state index in [-0.39, 0.29) is 62.3 Å². The molecule has 0 aliphatic carbocycles. The first kappa shape index (κ1) is 49.9. The monoisotopic (exact) mass is 917 g/mol. The Morgan fingerprint density at radius 2 is 1.43 bits per heavy atom. The Morgan fingerprint density at radius 1 is 0.800 bits per heavy atom. The van der Waals surface area contributed by atoms with Crippen LogP contribution in [-0.4, -0.2) is 130 Å². The number of nitrogens with one attached hydrogen (secondary N) is 7. The Morgan fingerprint density at radius 3 is 2.08 bits per heavy atom. The number of para-hydroxylation sites is 1. The standard InChI is InChI=1S/C45H63N11O8S/c1-26(2)21-35(43(62)56-20-10-17-37(56)44(63)64)54-40(59)33(22-27-11-4-3-5-12-27)52-42(61)36(25-65)55-41(60)34(23-28-24-50-30-14-7-6-13-29(28)30)53-39(58)32(16-9-19-49-45(46)47)51-38(57)31-15-8-18-48-31/h3-7,11-14,24,26,31-37,48,50,65H,8-10,15-23,25H2,1-2H3,(H,51,57)(H,52,61)(H,53,58)(H,54,59)(H,55,60)(H,63,64)(H4,46,47,49)/t31-,32-,33-,34-,35-,36-,37-/m0/s1. The van der Waals surface area contributed by atoms with Crippen molar-refractivity contribution in [2.24, 2.45) is 22.4 Å². The van der Waals surface area contributed by atoms with Gasteiger partial charge in [0.15, 0.2) is 5.96 Å². The van der Waals surface area contributed by atoms with Gasteiger partial charge in [-0.15, -0.1) is 0 Å². The van der Waals surface area contributed by atoms with Crippen LogP contribution < -0.4 is 43.4 Å². The molecule has 20 heteroatoms. The number of likely N-dealkylation sites (tertiary alicyclic amines) is 1. The molecule has 3 heterocycles. The number of rotatable bonds is 23.